The third kappa shape index (κ3) is 3.21. The fourth-order valence-corrected chi connectivity index (χ4v) is 3.66. The number of hydrogen-bond donors (Lipinski definition) is 0. The van der Waals surface area contributed by atoms with Gasteiger partial charge in [-0.2, -0.15) is 10.2 Å². The molecule has 0 amide bonds. The molecule has 0 fully saturated rings. The van der Waals surface area contributed by atoms with Gasteiger partial charge >= 0.3 is 0 Å². The summed E-state index contributed by atoms with van der Waals surface area (Å²) in [6.45, 7) is 6.22. The smallest absolute Gasteiger partial charge is 0.265 e. The van der Waals surface area contributed by atoms with E-state index in [-0.39, 0.29) is 12.1 Å². The summed E-state index contributed by atoms with van der Waals surface area (Å²) >= 11 is 12.3. The number of halogens is 2. The Hall–Kier alpha value is -2.63. The van der Waals surface area contributed by atoms with Crippen LogP contribution in [0.15, 0.2) is 47.4 Å². The van der Waals surface area contributed by atoms with Gasteiger partial charge in [0.1, 0.15) is 5.52 Å². The monoisotopic (exact) mass is 412 g/mol. The molecule has 0 aliphatic carbocycles. The summed E-state index contributed by atoms with van der Waals surface area (Å²) in [6, 6.07) is 11.2. The molecular formula is C21H18Cl2N4O. The van der Waals surface area contributed by atoms with Crippen LogP contribution >= 0.6 is 23.2 Å². The maximum absolute atomic E-state index is 13.2. The van der Waals surface area contributed by atoms with Crippen molar-refractivity contribution in [3.63, 3.8) is 0 Å². The second-order valence-electron chi connectivity index (χ2n) is 6.87. The Kier molecular flexibility index (Phi) is 4.73. The lowest BCUT2D eigenvalue weighted by molar-refractivity contribution is 0.635. The minimum Gasteiger partial charge on any atom is -0.265 e. The van der Waals surface area contributed by atoms with Crippen LogP contribution in [0.3, 0.4) is 0 Å². The molecule has 4 rings (SSSR count). The fraction of sp³-hybridized carbons (Fsp3) is 0.190. The van der Waals surface area contributed by atoms with Crippen molar-refractivity contribution in [2.75, 3.05) is 0 Å². The first-order valence-corrected chi connectivity index (χ1v) is 9.58. The van der Waals surface area contributed by atoms with E-state index in [2.05, 4.69) is 17.1 Å². The number of aryl methyl sites for hydroxylation is 3. The number of aromatic nitrogens is 4. The summed E-state index contributed by atoms with van der Waals surface area (Å²) in [5.74, 6) is 0. The summed E-state index contributed by atoms with van der Waals surface area (Å²) in [4.78, 5) is 13.2. The second-order valence-corrected chi connectivity index (χ2v) is 7.71. The molecule has 7 heteroatoms. The van der Waals surface area contributed by atoms with Crippen LogP contribution in [-0.4, -0.2) is 19.6 Å². The van der Waals surface area contributed by atoms with Crippen LogP contribution in [0.25, 0.3) is 16.6 Å². The van der Waals surface area contributed by atoms with Gasteiger partial charge < -0.3 is 0 Å². The predicted molar refractivity (Wildman–Crippen MR) is 113 cm³/mol. The van der Waals surface area contributed by atoms with Gasteiger partial charge in [0, 0.05) is 15.4 Å². The van der Waals surface area contributed by atoms with Crippen LogP contribution in [-0.2, 0) is 6.54 Å². The fourth-order valence-electron chi connectivity index (χ4n) is 3.19. The zero-order chi connectivity index (χ0) is 20.0. The van der Waals surface area contributed by atoms with E-state index in [0.717, 1.165) is 27.9 Å². The van der Waals surface area contributed by atoms with Crippen LogP contribution in [0.2, 0.25) is 10.0 Å². The number of nitrogens with zero attached hydrogens (tertiary/aromatic N) is 4. The van der Waals surface area contributed by atoms with Crippen molar-refractivity contribution in [1.82, 2.24) is 19.6 Å². The minimum atomic E-state index is -0.220. The minimum absolute atomic E-state index is 0.220. The van der Waals surface area contributed by atoms with Gasteiger partial charge in [0.25, 0.3) is 5.56 Å². The first-order valence-electron chi connectivity index (χ1n) is 8.82. The van der Waals surface area contributed by atoms with E-state index in [1.165, 1.54) is 10.2 Å². The van der Waals surface area contributed by atoms with Gasteiger partial charge in [-0.3, -0.25) is 4.79 Å². The molecule has 0 saturated heterocycles. The molecule has 0 radical (unpaired) electrons. The average Bonchev–Trinajstić information content (AvgIpc) is 3.10. The Bertz CT molecular complexity index is 1270. The van der Waals surface area contributed by atoms with E-state index in [4.69, 9.17) is 23.2 Å². The van der Waals surface area contributed by atoms with Crippen molar-refractivity contribution in [3.8, 4) is 5.69 Å². The highest BCUT2D eigenvalue weighted by molar-refractivity contribution is 6.35. The average molecular weight is 413 g/mol. The van der Waals surface area contributed by atoms with Crippen molar-refractivity contribution < 1.29 is 0 Å². The van der Waals surface area contributed by atoms with E-state index in [9.17, 15) is 4.79 Å². The summed E-state index contributed by atoms with van der Waals surface area (Å²) in [6.07, 6.45) is 1.69. The van der Waals surface area contributed by atoms with Gasteiger partial charge in [0.2, 0.25) is 0 Å². The van der Waals surface area contributed by atoms with Gasteiger partial charge in [-0.05, 0) is 61.7 Å². The lowest BCUT2D eigenvalue weighted by Gasteiger charge is -2.11. The normalized spacial score (nSPS) is 11.3. The maximum Gasteiger partial charge on any atom is 0.293 e. The zero-order valence-electron chi connectivity index (χ0n) is 15.7. The molecule has 0 atom stereocenters. The topological polar surface area (TPSA) is 52.7 Å². The SMILES string of the molecule is Cc1ccc(-n2ncc3c(C)nn(Cc4ccc(Cl)cc4Cl)c(=O)c32)cc1C. The Labute approximate surface area is 172 Å². The molecule has 0 aliphatic heterocycles. The van der Waals surface area contributed by atoms with E-state index in [0.29, 0.717) is 15.6 Å². The van der Waals surface area contributed by atoms with Crippen molar-refractivity contribution in [2.45, 2.75) is 27.3 Å². The van der Waals surface area contributed by atoms with Crippen LogP contribution in [0.1, 0.15) is 22.4 Å². The van der Waals surface area contributed by atoms with E-state index in [1.54, 1.807) is 29.1 Å². The quantitative estimate of drug-likeness (QED) is 0.482. The molecule has 5 nitrogen and oxygen atoms in total. The molecule has 0 N–H and O–H groups in total. The van der Waals surface area contributed by atoms with Crippen molar-refractivity contribution >= 4 is 34.1 Å². The maximum atomic E-state index is 13.2. The highest BCUT2D eigenvalue weighted by atomic mass is 35.5. The molecule has 0 saturated carbocycles. The third-order valence-corrected chi connectivity index (χ3v) is 5.52. The van der Waals surface area contributed by atoms with Gasteiger partial charge in [0.15, 0.2) is 0 Å². The van der Waals surface area contributed by atoms with Crippen LogP contribution < -0.4 is 5.56 Å². The number of rotatable bonds is 3. The lowest BCUT2D eigenvalue weighted by atomic mass is 10.1. The van der Waals surface area contributed by atoms with Crippen LogP contribution in [0, 0.1) is 20.8 Å². The standard InChI is InChI=1S/C21H18Cl2N4O/c1-12-4-7-17(8-13(12)2)27-20-18(10-24-27)14(3)25-26(21(20)28)11-15-5-6-16(22)9-19(15)23/h4-10H,11H2,1-3H3. The summed E-state index contributed by atoms with van der Waals surface area (Å²) in [7, 11) is 0. The molecule has 0 bridgehead atoms. The Morgan fingerprint density at radius 3 is 2.50 bits per heavy atom. The van der Waals surface area contributed by atoms with E-state index in [1.807, 2.05) is 32.0 Å². The number of benzene rings is 2. The highest BCUT2D eigenvalue weighted by Crippen LogP contribution is 2.23. The molecular weight excluding hydrogens is 395 g/mol. The second kappa shape index (κ2) is 7.08. The van der Waals surface area contributed by atoms with Gasteiger partial charge in [-0.25, -0.2) is 9.36 Å². The summed E-state index contributed by atoms with van der Waals surface area (Å²) in [5.41, 5.74) is 4.96. The Balaban J connectivity index is 1.89. The van der Waals surface area contributed by atoms with Crippen LogP contribution in [0.5, 0.6) is 0 Å². The zero-order valence-corrected chi connectivity index (χ0v) is 17.2. The van der Waals surface area contributed by atoms with Crippen LogP contribution in [0.4, 0.5) is 0 Å². The molecule has 2 aromatic carbocycles. The molecule has 0 spiro atoms. The Morgan fingerprint density at radius 2 is 1.79 bits per heavy atom. The molecule has 2 heterocycles. The lowest BCUT2D eigenvalue weighted by Crippen LogP contribution is -2.26. The molecule has 2 aromatic heterocycles. The molecule has 28 heavy (non-hydrogen) atoms. The van der Waals surface area contributed by atoms with Crippen molar-refractivity contribution in [2.24, 2.45) is 0 Å². The molecule has 4 aromatic rings. The van der Waals surface area contributed by atoms with Gasteiger partial charge in [-0.15, -0.1) is 0 Å². The molecule has 142 valence electrons. The van der Waals surface area contributed by atoms with E-state index >= 15 is 0 Å². The largest absolute Gasteiger partial charge is 0.293 e. The first kappa shape index (κ1) is 18.7. The number of hydrogen-bond acceptors (Lipinski definition) is 3. The number of fused-ring (bicyclic) bond motifs is 1. The van der Waals surface area contributed by atoms with Gasteiger partial charge in [0.05, 0.1) is 24.1 Å². The van der Waals surface area contributed by atoms with Crippen molar-refractivity contribution in [3.05, 3.63) is 85.4 Å². The highest BCUT2D eigenvalue weighted by Gasteiger charge is 2.16. The first-order chi connectivity index (χ1) is 13.3. The summed E-state index contributed by atoms with van der Waals surface area (Å²) in [5, 5.41) is 10.7. The predicted octanol–water partition coefficient (Wildman–Crippen LogP) is 4.86. The van der Waals surface area contributed by atoms with Gasteiger partial charge in [-0.1, -0.05) is 35.3 Å². The third-order valence-electron chi connectivity index (χ3n) is 4.94. The summed E-state index contributed by atoms with van der Waals surface area (Å²) < 4.78 is 3.10. The van der Waals surface area contributed by atoms with Crippen molar-refractivity contribution in [1.29, 1.82) is 0 Å². The Morgan fingerprint density at radius 1 is 1.00 bits per heavy atom. The molecule has 0 unspecified atom stereocenters. The molecule has 0 aliphatic rings. The van der Waals surface area contributed by atoms with E-state index < -0.39 is 0 Å².